The lowest BCUT2D eigenvalue weighted by molar-refractivity contribution is 0.420. The van der Waals surface area contributed by atoms with E-state index >= 15 is 0 Å². The molecule has 0 spiro atoms. The molecule has 0 N–H and O–H groups in total. The van der Waals surface area contributed by atoms with Crippen LogP contribution in [0.15, 0.2) is 42.7 Å². The van der Waals surface area contributed by atoms with Crippen LogP contribution in [-0.4, -0.2) is 21.5 Å². The van der Waals surface area contributed by atoms with E-state index in [0.717, 1.165) is 23.4 Å². The number of hydrogen-bond acceptors (Lipinski definition) is 2. The van der Waals surface area contributed by atoms with Crippen LogP contribution in [0.5, 0.6) is 5.75 Å². The lowest BCUT2D eigenvalue weighted by Gasteiger charge is -2.05. The summed E-state index contributed by atoms with van der Waals surface area (Å²) in [7, 11) is 3.63. The number of hydrogen-bond donors (Lipinski definition) is 0. The average molecular weight is 241 g/mol. The van der Waals surface area contributed by atoms with Gasteiger partial charge in [-0.25, -0.2) is 0 Å². The summed E-state index contributed by atoms with van der Waals surface area (Å²) in [6.45, 7) is 0.775. The number of methoxy groups -OCH3 is 1. The Bertz CT molecular complexity index is 681. The number of aryl methyl sites for hydroxylation is 1. The Hall–Kier alpha value is -2.23. The molecule has 92 valence electrons. The van der Waals surface area contributed by atoms with Gasteiger partial charge in [0.25, 0.3) is 0 Å². The zero-order valence-electron chi connectivity index (χ0n) is 10.5. The summed E-state index contributed by atoms with van der Waals surface area (Å²) in [5.74, 6) is 0.910. The highest BCUT2D eigenvalue weighted by molar-refractivity contribution is 5.86. The van der Waals surface area contributed by atoms with Crippen LogP contribution in [0.3, 0.4) is 0 Å². The molecule has 0 bridgehead atoms. The molecule has 3 rings (SSSR count). The van der Waals surface area contributed by atoms with Crippen molar-refractivity contribution >= 4 is 10.9 Å². The molecule has 18 heavy (non-hydrogen) atoms. The van der Waals surface area contributed by atoms with E-state index in [1.54, 1.807) is 7.11 Å². The standard InChI is InChI=1S/C14H15N3O/c1-16-8-6-11(15-16)10-17-9-7-12-13(17)4-3-5-14(12)18-2/h3-9H,10H2,1-2H3. The summed E-state index contributed by atoms with van der Waals surface area (Å²) in [5, 5.41) is 5.53. The number of nitrogens with zero attached hydrogens (tertiary/aromatic N) is 3. The van der Waals surface area contributed by atoms with E-state index in [1.807, 2.05) is 36.1 Å². The van der Waals surface area contributed by atoms with Gasteiger partial charge in [0.05, 0.1) is 24.9 Å². The highest BCUT2D eigenvalue weighted by atomic mass is 16.5. The Balaban J connectivity index is 2.02. The van der Waals surface area contributed by atoms with E-state index in [1.165, 1.54) is 5.52 Å². The molecule has 0 amide bonds. The van der Waals surface area contributed by atoms with Crippen molar-refractivity contribution in [3.8, 4) is 5.75 Å². The van der Waals surface area contributed by atoms with E-state index < -0.39 is 0 Å². The molecule has 0 saturated heterocycles. The number of aromatic nitrogens is 3. The Morgan fingerprint density at radius 1 is 1.17 bits per heavy atom. The van der Waals surface area contributed by atoms with Crippen LogP contribution in [-0.2, 0) is 13.6 Å². The molecular formula is C14H15N3O. The molecule has 0 aliphatic rings. The average Bonchev–Trinajstić information content (AvgIpc) is 2.97. The van der Waals surface area contributed by atoms with Crippen LogP contribution in [0, 0.1) is 0 Å². The Morgan fingerprint density at radius 3 is 2.78 bits per heavy atom. The molecule has 4 nitrogen and oxygen atoms in total. The highest BCUT2D eigenvalue weighted by Gasteiger charge is 2.06. The first kappa shape index (κ1) is 10.9. The van der Waals surface area contributed by atoms with E-state index in [0.29, 0.717) is 0 Å². The van der Waals surface area contributed by atoms with Gasteiger partial charge in [-0.1, -0.05) is 6.07 Å². The van der Waals surface area contributed by atoms with Crippen molar-refractivity contribution in [3.05, 3.63) is 48.4 Å². The molecule has 0 radical (unpaired) electrons. The summed E-state index contributed by atoms with van der Waals surface area (Å²) < 4.78 is 9.36. The van der Waals surface area contributed by atoms with Crippen LogP contribution >= 0.6 is 0 Å². The number of fused-ring (bicyclic) bond motifs is 1. The molecular weight excluding hydrogens is 226 g/mol. The predicted octanol–water partition coefficient (Wildman–Crippen LogP) is 2.43. The topological polar surface area (TPSA) is 32.0 Å². The molecule has 2 aromatic heterocycles. The van der Waals surface area contributed by atoms with Crippen LogP contribution in [0.2, 0.25) is 0 Å². The summed E-state index contributed by atoms with van der Waals surface area (Å²) in [6.07, 6.45) is 4.03. The first-order valence-electron chi connectivity index (χ1n) is 5.88. The third-order valence-electron chi connectivity index (χ3n) is 3.09. The van der Waals surface area contributed by atoms with Gasteiger partial charge in [0.15, 0.2) is 0 Å². The van der Waals surface area contributed by atoms with Crippen LogP contribution in [0.4, 0.5) is 0 Å². The van der Waals surface area contributed by atoms with Crippen molar-refractivity contribution in [1.82, 2.24) is 14.3 Å². The number of ether oxygens (including phenoxy) is 1. The van der Waals surface area contributed by atoms with Gasteiger partial charge in [-0.15, -0.1) is 0 Å². The second-order valence-electron chi connectivity index (χ2n) is 4.32. The quantitative estimate of drug-likeness (QED) is 0.705. The maximum Gasteiger partial charge on any atom is 0.128 e. The van der Waals surface area contributed by atoms with Crippen molar-refractivity contribution < 1.29 is 4.74 Å². The molecule has 3 aromatic rings. The minimum absolute atomic E-state index is 0.775. The fourth-order valence-corrected chi connectivity index (χ4v) is 2.23. The molecule has 2 heterocycles. The van der Waals surface area contributed by atoms with Crippen LogP contribution in [0.1, 0.15) is 5.69 Å². The smallest absolute Gasteiger partial charge is 0.128 e. The summed E-state index contributed by atoms with van der Waals surface area (Å²) in [5.41, 5.74) is 2.22. The van der Waals surface area contributed by atoms with Crippen molar-refractivity contribution in [2.75, 3.05) is 7.11 Å². The van der Waals surface area contributed by atoms with Crippen molar-refractivity contribution in [3.63, 3.8) is 0 Å². The van der Waals surface area contributed by atoms with Crippen molar-refractivity contribution in [2.45, 2.75) is 6.54 Å². The van der Waals surface area contributed by atoms with Crippen molar-refractivity contribution in [2.24, 2.45) is 7.05 Å². The normalized spacial score (nSPS) is 11.0. The zero-order valence-corrected chi connectivity index (χ0v) is 10.5. The first-order valence-corrected chi connectivity index (χ1v) is 5.88. The molecule has 0 saturated carbocycles. The number of benzene rings is 1. The van der Waals surface area contributed by atoms with Crippen LogP contribution < -0.4 is 4.74 Å². The second kappa shape index (κ2) is 4.22. The molecule has 0 aliphatic carbocycles. The lowest BCUT2D eigenvalue weighted by Crippen LogP contribution is -1.99. The molecule has 0 aliphatic heterocycles. The summed E-state index contributed by atoms with van der Waals surface area (Å²) >= 11 is 0. The Labute approximate surface area is 105 Å². The van der Waals surface area contributed by atoms with Gasteiger partial charge in [-0.05, 0) is 24.3 Å². The van der Waals surface area contributed by atoms with Gasteiger partial charge < -0.3 is 9.30 Å². The molecule has 4 heteroatoms. The SMILES string of the molecule is COc1cccc2c1ccn2Cc1ccn(C)n1. The summed E-state index contributed by atoms with van der Waals surface area (Å²) in [6, 6.07) is 10.2. The molecule has 0 atom stereocenters. The van der Waals surface area contributed by atoms with Gasteiger partial charge >= 0.3 is 0 Å². The maximum atomic E-state index is 5.36. The van der Waals surface area contributed by atoms with E-state index in [4.69, 9.17) is 4.74 Å². The van der Waals surface area contributed by atoms with Gasteiger partial charge in [0.2, 0.25) is 0 Å². The third-order valence-corrected chi connectivity index (χ3v) is 3.09. The Kier molecular flexibility index (Phi) is 2.55. The third kappa shape index (κ3) is 1.76. The Morgan fingerprint density at radius 2 is 2.06 bits per heavy atom. The van der Waals surface area contributed by atoms with Gasteiger partial charge in [0, 0.05) is 24.8 Å². The molecule has 0 unspecified atom stereocenters. The second-order valence-corrected chi connectivity index (χ2v) is 4.32. The van der Waals surface area contributed by atoms with Gasteiger partial charge in [-0.3, -0.25) is 4.68 Å². The minimum Gasteiger partial charge on any atom is -0.496 e. The molecule has 1 aromatic carbocycles. The van der Waals surface area contributed by atoms with Crippen molar-refractivity contribution in [1.29, 1.82) is 0 Å². The van der Waals surface area contributed by atoms with E-state index in [9.17, 15) is 0 Å². The molecule has 0 fully saturated rings. The highest BCUT2D eigenvalue weighted by Crippen LogP contribution is 2.26. The van der Waals surface area contributed by atoms with E-state index in [2.05, 4.69) is 28.0 Å². The van der Waals surface area contributed by atoms with Gasteiger partial charge in [-0.2, -0.15) is 5.10 Å². The monoisotopic (exact) mass is 241 g/mol. The first-order chi connectivity index (χ1) is 8.78. The maximum absolute atomic E-state index is 5.36. The minimum atomic E-state index is 0.775. The number of rotatable bonds is 3. The van der Waals surface area contributed by atoms with Gasteiger partial charge in [0.1, 0.15) is 5.75 Å². The fraction of sp³-hybridized carbons (Fsp3) is 0.214. The van der Waals surface area contributed by atoms with Crippen LogP contribution in [0.25, 0.3) is 10.9 Å². The zero-order chi connectivity index (χ0) is 12.5. The lowest BCUT2D eigenvalue weighted by atomic mass is 10.2. The van der Waals surface area contributed by atoms with E-state index in [-0.39, 0.29) is 0 Å². The summed E-state index contributed by atoms with van der Waals surface area (Å²) in [4.78, 5) is 0. The predicted molar refractivity (Wildman–Crippen MR) is 70.8 cm³/mol. The largest absolute Gasteiger partial charge is 0.496 e. The fourth-order valence-electron chi connectivity index (χ4n) is 2.23.